The lowest BCUT2D eigenvalue weighted by molar-refractivity contribution is 0.289. The quantitative estimate of drug-likeness (QED) is 0.258. The minimum absolute atomic E-state index is 0.0148. The van der Waals surface area contributed by atoms with Crippen LogP contribution in [-0.4, -0.2) is 4.57 Å². The van der Waals surface area contributed by atoms with E-state index in [2.05, 4.69) is 64.1 Å². The van der Waals surface area contributed by atoms with E-state index in [1.807, 2.05) is 48.7 Å². The third kappa shape index (κ3) is 4.96. The van der Waals surface area contributed by atoms with Gasteiger partial charge in [0.2, 0.25) is 0 Å². The van der Waals surface area contributed by atoms with Gasteiger partial charge in [-0.25, -0.2) is 0 Å². The number of aryl methyl sites for hydroxylation is 1. The predicted octanol–water partition coefficient (Wildman–Crippen LogP) is 8.40. The molecule has 192 valence electrons. The van der Waals surface area contributed by atoms with Crippen molar-refractivity contribution in [3.05, 3.63) is 112 Å². The van der Waals surface area contributed by atoms with Crippen LogP contribution in [0.2, 0.25) is 0 Å². The van der Waals surface area contributed by atoms with E-state index in [1.165, 1.54) is 18.4 Å². The summed E-state index contributed by atoms with van der Waals surface area (Å²) in [6.07, 6.45) is 9.12. The maximum atomic E-state index is 13.6. The van der Waals surface area contributed by atoms with Crippen LogP contribution in [0, 0.1) is 36.0 Å². The fourth-order valence-corrected chi connectivity index (χ4v) is 6.54. The van der Waals surface area contributed by atoms with Crippen LogP contribution in [0.3, 0.4) is 0 Å². The number of aromatic nitrogens is 1. The van der Waals surface area contributed by atoms with Crippen LogP contribution in [0.15, 0.2) is 89.4 Å². The molecule has 0 radical (unpaired) electrons. The number of hydrogen-bond acceptors (Lipinski definition) is 2. The van der Waals surface area contributed by atoms with E-state index in [9.17, 15) is 4.79 Å². The average molecular weight is 501 g/mol. The zero-order chi connectivity index (χ0) is 26.8. The van der Waals surface area contributed by atoms with Gasteiger partial charge in [0.05, 0.1) is 11.6 Å². The second-order valence-electron chi connectivity index (χ2n) is 11.0. The van der Waals surface area contributed by atoms with Gasteiger partial charge in [-0.2, -0.15) is 5.26 Å². The molecule has 38 heavy (non-hydrogen) atoms. The Morgan fingerprint density at radius 1 is 0.974 bits per heavy atom. The molecule has 1 saturated carbocycles. The molecular weight excluding hydrogens is 464 g/mol. The molecule has 1 fully saturated rings. The van der Waals surface area contributed by atoms with Gasteiger partial charge in [0.15, 0.2) is 0 Å². The van der Waals surface area contributed by atoms with Crippen molar-refractivity contribution in [1.82, 2.24) is 4.57 Å². The third-order valence-corrected chi connectivity index (χ3v) is 8.25. The Bertz CT molecular complexity index is 1570. The number of benzene rings is 3. The van der Waals surface area contributed by atoms with Crippen molar-refractivity contribution in [2.45, 2.75) is 53.4 Å². The standard InChI is InChI=1S/C35H36N2O/c1-5-7-31-23(2)18-28(19-24(31)3)20-26-12-16-30(17-13-26)37-22-25(4)34-32(8-6-9-33(34)35(37)38)29-14-10-27(21-36)11-15-29/h6-17,22-24,28H,5,18-20H2,1-4H3. The smallest absolute Gasteiger partial charge is 0.262 e. The molecule has 4 aromatic rings. The number of nitriles is 1. The zero-order valence-corrected chi connectivity index (χ0v) is 22.9. The van der Waals surface area contributed by atoms with Crippen LogP contribution >= 0.6 is 0 Å². The molecule has 2 unspecified atom stereocenters. The van der Waals surface area contributed by atoms with Crippen molar-refractivity contribution >= 4 is 10.8 Å². The van der Waals surface area contributed by atoms with Crippen LogP contribution < -0.4 is 5.56 Å². The Kier molecular flexibility index (Phi) is 7.34. The summed E-state index contributed by atoms with van der Waals surface area (Å²) in [6.45, 7) is 9.06. The topological polar surface area (TPSA) is 45.8 Å². The van der Waals surface area contributed by atoms with Gasteiger partial charge >= 0.3 is 0 Å². The summed E-state index contributed by atoms with van der Waals surface area (Å²) in [6, 6.07) is 24.2. The second kappa shape index (κ2) is 10.8. The lowest BCUT2D eigenvalue weighted by Crippen LogP contribution is -2.24. The summed E-state index contributed by atoms with van der Waals surface area (Å²) in [5.74, 6) is 2.03. The largest absolute Gasteiger partial charge is 0.284 e. The third-order valence-electron chi connectivity index (χ3n) is 8.25. The molecule has 3 nitrogen and oxygen atoms in total. The molecule has 0 amide bonds. The maximum absolute atomic E-state index is 13.6. The monoisotopic (exact) mass is 500 g/mol. The summed E-state index contributed by atoms with van der Waals surface area (Å²) >= 11 is 0. The maximum Gasteiger partial charge on any atom is 0.262 e. The van der Waals surface area contributed by atoms with Crippen LogP contribution in [0.4, 0.5) is 0 Å². The van der Waals surface area contributed by atoms with Crippen LogP contribution in [0.5, 0.6) is 0 Å². The Hall–Kier alpha value is -3.90. The highest BCUT2D eigenvalue weighted by atomic mass is 16.1. The number of fused-ring (bicyclic) bond motifs is 1. The van der Waals surface area contributed by atoms with Crippen LogP contribution in [-0.2, 0) is 6.42 Å². The zero-order valence-electron chi connectivity index (χ0n) is 22.9. The Labute approximate surface area is 226 Å². The Balaban J connectivity index is 1.42. The summed E-state index contributed by atoms with van der Waals surface area (Å²) in [4.78, 5) is 13.6. The molecule has 0 saturated heterocycles. The first-order valence-electron chi connectivity index (χ1n) is 13.8. The van der Waals surface area contributed by atoms with Crippen molar-refractivity contribution < 1.29 is 0 Å². The van der Waals surface area contributed by atoms with E-state index >= 15 is 0 Å². The second-order valence-corrected chi connectivity index (χ2v) is 11.0. The van der Waals surface area contributed by atoms with Crippen LogP contribution in [0.1, 0.15) is 56.7 Å². The van der Waals surface area contributed by atoms with E-state index in [0.29, 0.717) is 28.7 Å². The lowest BCUT2D eigenvalue weighted by atomic mass is 9.71. The predicted molar refractivity (Wildman–Crippen MR) is 158 cm³/mol. The molecule has 1 heterocycles. The van der Waals surface area contributed by atoms with Gasteiger partial charge in [-0.1, -0.05) is 68.8 Å². The summed E-state index contributed by atoms with van der Waals surface area (Å²) in [5.41, 5.74) is 7.55. The van der Waals surface area contributed by atoms with Gasteiger partial charge in [0.1, 0.15) is 0 Å². The van der Waals surface area contributed by atoms with Crippen molar-refractivity contribution in [1.29, 1.82) is 5.26 Å². The van der Waals surface area contributed by atoms with Gasteiger partial charge in [-0.15, -0.1) is 0 Å². The summed E-state index contributed by atoms with van der Waals surface area (Å²) in [7, 11) is 0. The fourth-order valence-electron chi connectivity index (χ4n) is 6.54. The lowest BCUT2D eigenvalue weighted by Gasteiger charge is -2.34. The van der Waals surface area contributed by atoms with Crippen molar-refractivity contribution in [2.75, 3.05) is 0 Å². The molecular formula is C35H36N2O. The summed E-state index contributed by atoms with van der Waals surface area (Å²) in [5, 5.41) is 10.8. The fraction of sp³-hybridized carbons (Fsp3) is 0.314. The first-order valence-corrected chi connectivity index (χ1v) is 13.8. The SMILES string of the molecule is CCC=C1C(C)CC(Cc2ccc(-n3cc(C)c4c(-c5ccc(C#N)cc5)cccc4c3=O)cc2)CC1C. The van der Waals surface area contributed by atoms with Crippen LogP contribution in [0.25, 0.3) is 27.6 Å². The van der Waals surface area contributed by atoms with Gasteiger partial charge in [0, 0.05) is 17.3 Å². The average Bonchev–Trinajstić information content (AvgIpc) is 2.93. The van der Waals surface area contributed by atoms with Crippen molar-refractivity contribution in [3.8, 4) is 22.9 Å². The molecule has 1 aromatic heterocycles. The molecule has 0 bridgehead atoms. The Morgan fingerprint density at radius 3 is 2.29 bits per heavy atom. The van der Waals surface area contributed by atoms with Gasteiger partial charge in [0.25, 0.3) is 5.56 Å². The number of rotatable bonds is 5. The first-order chi connectivity index (χ1) is 18.4. The number of nitrogens with zero attached hydrogens (tertiary/aromatic N) is 2. The molecule has 5 rings (SSSR count). The molecule has 0 spiro atoms. The highest BCUT2D eigenvalue weighted by Crippen LogP contribution is 2.39. The highest BCUT2D eigenvalue weighted by Gasteiger charge is 2.28. The normalized spacial score (nSPS) is 19.3. The molecule has 0 N–H and O–H groups in total. The van der Waals surface area contributed by atoms with Crippen molar-refractivity contribution in [2.24, 2.45) is 17.8 Å². The van der Waals surface area contributed by atoms with E-state index in [0.717, 1.165) is 40.6 Å². The van der Waals surface area contributed by atoms with E-state index < -0.39 is 0 Å². The minimum atomic E-state index is -0.0148. The molecule has 3 aromatic carbocycles. The molecule has 0 aliphatic heterocycles. The van der Waals surface area contributed by atoms with E-state index in [1.54, 1.807) is 10.1 Å². The number of allylic oxidation sites excluding steroid dienone is 2. The molecule has 1 aliphatic carbocycles. The highest BCUT2D eigenvalue weighted by molar-refractivity contribution is 5.98. The number of hydrogen-bond donors (Lipinski definition) is 0. The first kappa shape index (κ1) is 25.7. The van der Waals surface area contributed by atoms with Gasteiger partial charge in [-0.05, 0) is 108 Å². The Morgan fingerprint density at radius 2 is 1.66 bits per heavy atom. The molecule has 1 aliphatic rings. The summed E-state index contributed by atoms with van der Waals surface area (Å²) < 4.78 is 1.77. The van der Waals surface area contributed by atoms with E-state index in [-0.39, 0.29) is 5.56 Å². The molecule has 2 atom stereocenters. The minimum Gasteiger partial charge on any atom is -0.284 e. The number of pyridine rings is 1. The van der Waals surface area contributed by atoms with E-state index in [4.69, 9.17) is 5.26 Å². The van der Waals surface area contributed by atoms with Gasteiger partial charge in [-0.3, -0.25) is 9.36 Å². The van der Waals surface area contributed by atoms with Crippen molar-refractivity contribution in [3.63, 3.8) is 0 Å². The van der Waals surface area contributed by atoms with Gasteiger partial charge < -0.3 is 0 Å². The molecule has 3 heteroatoms.